The maximum absolute atomic E-state index is 13.9. The SMILES string of the molecule is CC1=NC([N+](=O)[O-])=C(C[N+](C)(C)C/C=C/C(=O)Cc2cc3c(Nc4ccc(Br)c(F)c4)ncnc3cn2)C1. The summed E-state index contributed by atoms with van der Waals surface area (Å²) >= 11 is 3.14. The van der Waals surface area contributed by atoms with E-state index in [0.29, 0.717) is 62.1 Å². The Bertz CT molecular complexity index is 1520. The van der Waals surface area contributed by atoms with Gasteiger partial charge in [-0.25, -0.2) is 14.4 Å². The van der Waals surface area contributed by atoms with Gasteiger partial charge in [-0.1, -0.05) is 0 Å². The van der Waals surface area contributed by atoms with Gasteiger partial charge in [0, 0.05) is 23.2 Å². The maximum atomic E-state index is 13.9. The molecule has 0 amide bonds. The number of carbonyl (C=O) groups is 1. The first-order valence-electron chi connectivity index (χ1n) is 11.7. The number of hydrogen-bond donors (Lipinski definition) is 1. The van der Waals surface area contributed by atoms with Crippen molar-refractivity contribution in [2.75, 3.05) is 32.5 Å². The number of nitrogens with zero attached hydrogens (tertiary/aromatic N) is 6. The lowest BCUT2D eigenvalue weighted by molar-refractivity contribution is -0.880. The fourth-order valence-electron chi connectivity index (χ4n) is 4.18. The molecule has 3 aromatic rings. The Morgan fingerprint density at radius 2 is 2.05 bits per heavy atom. The highest BCUT2D eigenvalue weighted by Gasteiger charge is 2.31. The third-order valence-corrected chi connectivity index (χ3v) is 6.54. The molecule has 0 bridgehead atoms. The minimum Gasteiger partial charge on any atom is -0.358 e. The van der Waals surface area contributed by atoms with Crippen LogP contribution in [0.3, 0.4) is 0 Å². The molecule has 0 saturated heterocycles. The summed E-state index contributed by atoms with van der Waals surface area (Å²) in [4.78, 5) is 40.4. The number of hydrogen-bond acceptors (Lipinski definition) is 8. The number of benzene rings is 1. The quantitative estimate of drug-likeness (QED) is 0.158. The summed E-state index contributed by atoms with van der Waals surface area (Å²) in [7, 11) is 3.90. The monoisotopic (exact) mass is 582 g/mol. The number of pyridine rings is 1. The Morgan fingerprint density at radius 1 is 1.26 bits per heavy atom. The molecule has 0 unspecified atom stereocenters. The third kappa shape index (κ3) is 6.69. The summed E-state index contributed by atoms with van der Waals surface area (Å²) in [5, 5.41) is 15.0. The molecular formula is C26H26BrFN7O3+. The molecule has 1 aromatic carbocycles. The summed E-state index contributed by atoms with van der Waals surface area (Å²) in [5.41, 5.74) is 3.06. The lowest BCUT2D eigenvalue weighted by Crippen LogP contribution is -2.41. The maximum Gasteiger partial charge on any atom is 0.368 e. The van der Waals surface area contributed by atoms with E-state index in [-0.39, 0.29) is 18.0 Å². The van der Waals surface area contributed by atoms with Crippen LogP contribution >= 0.6 is 15.9 Å². The predicted octanol–water partition coefficient (Wildman–Crippen LogP) is 4.77. The zero-order valence-electron chi connectivity index (χ0n) is 21.1. The molecule has 1 aliphatic heterocycles. The molecule has 38 heavy (non-hydrogen) atoms. The molecule has 1 aliphatic rings. The number of aliphatic imine (C=N–C) groups is 1. The van der Waals surface area contributed by atoms with E-state index in [0.717, 1.165) is 5.71 Å². The van der Waals surface area contributed by atoms with Crippen molar-refractivity contribution in [1.29, 1.82) is 0 Å². The van der Waals surface area contributed by atoms with Gasteiger partial charge in [0.05, 0.1) is 48.8 Å². The van der Waals surface area contributed by atoms with Crippen LogP contribution in [0.25, 0.3) is 10.9 Å². The topological polar surface area (TPSA) is 123 Å². The summed E-state index contributed by atoms with van der Waals surface area (Å²) in [6.07, 6.45) is 6.81. The summed E-state index contributed by atoms with van der Waals surface area (Å²) < 4.78 is 14.7. The Morgan fingerprint density at radius 3 is 2.79 bits per heavy atom. The lowest BCUT2D eigenvalue weighted by atomic mass is 10.1. The lowest BCUT2D eigenvalue weighted by Gasteiger charge is -2.28. The van der Waals surface area contributed by atoms with Crippen LogP contribution in [0.1, 0.15) is 19.0 Å². The number of halogens is 2. The van der Waals surface area contributed by atoms with Gasteiger partial charge in [-0.15, -0.1) is 0 Å². The summed E-state index contributed by atoms with van der Waals surface area (Å²) in [6, 6.07) is 6.41. The van der Waals surface area contributed by atoms with E-state index in [9.17, 15) is 19.3 Å². The number of carbonyl (C=O) groups excluding carboxylic acids is 1. The van der Waals surface area contributed by atoms with Crippen molar-refractivity contribution in [2.45, 2.75) is 19.8 Å². The van der Waals surface area contributed by atoms with Crippen molar-refractivity contribution >= 4 is 49.8 Å². The molecule has 0 saturated carbocycles. The zero-order valence-corrected chi connectivity index (χ0v) is 22.7. The van der Waals surface area contributed by atoms with Crippen molar-refractivity contribution < 1.29 is 18.6 Å². The third-order valence-electron chi connectivity index (χ3n) is 5.89. The normalized spacial score (nSPS) is 13.9. The van der Waals surface area contributed by atoms with Gasteiger partial charge >= 0.3 is 5.82 Å². The smallest absolute Gasteiger partial charge is 0.358 e. The Labute approximate surface area is 226 Å². The number of rotatable bonds is 10. The number of allylic oxidation sites excluding steroid dienone is 1. The number of nitrogens with one attached hydrogen (secondary N) is 1. The number of ketones is 1. The van der Waals surface area contributed by atoms with Crippen molar-refractivity contribution in [2.24, 2.45) is 4.99 Å². The molecule has 0 atom stereocenters. The zero-order chi connectivity index (χ0) is 27.4. The van der Waals surface area contributed by atoms with Gasteiger partial charge in [-0.05, 0) is 69.2 Å². The molecular weight excluding hydrogens is 557 g/mol. The summed E-state index contributed by atoms with van der Waals surface area (Å²) in [6.45, 7) is 2.75. The number of anilines is 2. The van der Waals surface area contributed by atoms with Crippen molar-refractivity contribution in [3.8, 4) is 0 Å². The van der Waals surface area contributed by atoms with Gasteiger partial charge in [-0.3, -0.25) is 9.78 Å². The van der Waals surface area contributed by atoms with E-state index in [1.54, 1.807) is 37.4 Å². The van der Waals surface area contributed by atoms with Crippen molar-refractivity contribution in [3.63, 3.8) is 0 Å². The van der Waals surface area contributed by atoms with Crippen LogP contribution in [0.5, 0.6) is 0 Å². The van der Waals surface area contributed by atoms with Gasteiger partial charge in [0.2, 0.25) is 0 Å². The minimum absolute atomic E-state index is 0.0701. The second kappa shape index (κ2) is 11.2. The molecule has 196 valence electrons. The average molecular weight is 583 g/mol. The van der Waals surface area contributed by atoms with Crippen LogP contribution in [0, 0.1) is 15.9 Å². The van der Waals surface area contributed by atoms with Crippen LogP contribution in [0.4, 0.5) is 15.9 Å². The van der Waals surface area contributed by atoms with Gasteiger partial charge in [0.25, 0.3) is 0 Å². The van der Waals surface area contributed by atoms with Gasteiger partial charge in [0.15, 0.2) is 5.78 Å². The molecule has 3 heterocycles. The first-order chi connectivity index (χ1) is 18.0. The number of nitro groups is 1. The van der Waals surface area contributed by atoms with E-state index >= 15 is 0 Å². The second-order valence-electron chi connectivity index (χ2n) is 9.70. The first kappa shape index (κ1) is 27.1. The highest BCUT2D eigenvalue weighted by molar-refractivity contribution is 9.10. The largest absolute Gasteiger partial charge is 0.368 e. The molecule has 1 N–H and O–H groups in total. The molecule has 4 rings (SSSR count). The van der Waals surface area contributed by atoms with E-state index in [4.69, 9.17) is 0 Å². The van der Waals surface area contributed by atoms with E-state index < -0.39 is 10.7 Å². The second-order valence-corrected chi connectivity index (χ2v) is 10.6. The van der Waals surface area contributed by atoms with Crippen molar-refractivity contribution in [1.82, 2.24) is 15.0 Å². The Hall–Kier alpha value is -3.90. The standard InChI is InChI=1S/C26H26BrFN7O3/c1-16-9-17(26(32-16)34(37)38)14-35(2,3)8-4-5-20(36)10-19-11-21-24(13-29-19)30-15-31-25(21)33-18-6-7-22(27)23(28)12-18/h4-7,11-13,15H,8-10,14H2,1-3H3,(H,30,31,33)/q+1/b5-4+. The molecule has 0 aliphatic carbocycles. The number of fused-ring (bicyclic) bond motifs is 1. The van der Waals surface area contributed by atoms with E-state index in [2.05, 4.69) is 41.2 Å². The molecule has 10 nitrogen and oxygen atoms in total. The molecule has 0 radical (unpaired) electrons. The fourth-order valence-corrected chi connectivity index (χ4v) is 4.43. The van der Waals surface area contributed by atoms with Crippen LogP contribution in [-0.4, -0.2) is 63.0 Å². The first-order valence-corrected chi connectivity index (χ1v) is 12.5. The Kier molecular flexibility index (Phi) is 8.02. The molecule has 0 spiro atoms. The van der Waals surface area contributed by atoms with Gasteiger partial charge < -0.3 is 19.9 Å². The van der Waals surface area contributed by atoms with Crippen molar-refractivity contribution in [3.05, 3.63) is 86.4 Å². The summed E-state index contributed by atoms with van der Waals surface area (Å²) in [5.74, 6) is -0.142. The molecule has 2 aromatic heterocycles. The van der Waals surface area contributed by atoms with E-state index in [1.165, 1.54) is 18.5 Å². The number of aromatic nitrogens is 3. The number of likely N-dealkylation sites (N-methyl/N-ethyl adjacent to an activating group) is 1. The van der Waals surface area contributed by atoms with Gasteiger partial charge in [-0.2, -0.15) is 0 Å². The highest BCUT2D eigenvalue weighted by Crippen LogP contribution is 2.26. The van der Waals surface area contributed by atoms with E-state index in [1.807, 2.05) is 14.1 Å². The van der Waals surface area contributed by atoms with Crippen LogP contribution in [0.2, 0.25) is 0 Å². The highest BCUT2D eigenvalue weighted by atomic mass is 79.9. The average Bonchev–Trinajstić information content (AvgIpc) is 3.21. The van der Waals surface area contributed by atoms with Crippen LogP contribution in [0.15, 0.2) is 69.8 Å². The molecule has 0 fully saturated rings. The Balaban J connectivity index is 1.42. The van der Waals surface area contributed by atoms with Crippen LogP contribution in [-0.2, 0) is 11.2 Å². The predicted molar refractivity (Wildman–Crippen MR) is 146 cm³/mol. The minimum atomic E-state index is -0.440. The number of quaternary nitrogens is 1. The molecule has 12 heteroatoms. The fraction of sp³-hybridized carbons (Fsp3) is 0.269. The van der Waals surface area contributed by atoms with Gasteiger partial charge in [0.1, 0.15) is 30.2 Å². The van der Waals surface area contributed by atoms with Crippen LogP contribution < -0.4 is 5.32 Å².